The summed E-state index contributed by atoms with van der Waals surface area (Å²) in [5, 5.41) is 11.3. The van der Waals surface area contributed by atoms with Crippen molar-refractivity contribution in [2.24, 2.45) is 0 Å². The van der Waals surface area contributed by atoms with Gasteiger partial charge in [-0.05, 0) is 44.5 Å². The number of hydrogen-bond donors (Lipinski definition) is 2. The molecule has 2 aromatic carbocycles. The van der Waals surface area contributed by atoms with E-state index in [1.165, 1.54) is 0 Å². The summed E-state index contributed by atoms with van der Waals surface area (Å²) in [6.45, 7) is 3.89. The molecule has 0 bridgehead atoms. The largest absolute Gasteiger partial charge is 0.348 e. The molecule has 1 fully saturated rings. The summed E-state index contributed by atoms with van der Waals surface area (Å²) in [5.41, 5.74) is 4.35. The second-order valence-corrected chi connectivity index (χ2v) is 7.06. The number of amides is 1. The Labute approximate surface area is 171 Å². The molecule has 4 rings (SSSR count). The lowest BCUT2D eigenvalue weighted by Gasteiger charge is -2.23. The van der Waals surface area contributed by atoms with Crippen LogP contribution in [-0.2, 0) is 0 Å². The number of nitrogens with one attached hydrogen (secondary N) is 2. The maximum Gasteiger partial charge on any atom is 0.255 e. The van der Waals surface area contributed by atoms with Gasteiger partial charge in [-0.25, -0.2) is 4.68 Å². The summed E-state index contributed by atoms with van der Waals surface area (Å²) in [7, 11) is 0. The molecule has 1 aromatic heterocycles. The second kappa shape index (κ2) is 9.04. The first-order chi connectivity index (χ1) is 13.2. The Kier molecular flexibility index (Phi) is 6.49. The lowest BCUT2D eigenvalue weighted by Crippen LogP contribution is -2.45. The molecule has 3 aromatic rings. The third kappa shape index (κ3) is 4.43. The number of nitrogens with zero attached hydrogens (tertiary/aromatic N) is 2. The third-order valence-electron chi connectivity index (χ3n) is 4.90. The molecule has 1 aliphatic rings. The van der Waals surface area contributed by atoms with Gasteiger partial charge in [-0.2, -0.15) is 5.10 Å². The molecule has 1 aliphatic heterocycles. The third-order valence-corrected chi connectivity index (χ3v) is 4.90. The lowest BCUT2D eigenvalue weighted by molar-refractivity contribution is 0.0931. The average Bonchev–Trinajstić information content (AvgIpc) is 3.15. The van der Waals surface area contributed by atoms with Crippen LogP contribution in [0, 0.1) is 6.92 Å². The van der Waals surface area contributed by atoms with Crippen molar-refractivity contribution in [1.29, 1.82) is 0 Å². The average molecular weight is 397 g/mol. The molecule has 0 radical (unpaired) electrons. The quantitative estimate of drug-likeness (QED) is 0.706. The summed E-state index contributed by atoms with van der Waals surface area (Å²) < 4.78 is 1.78. The molecule has 2 N–H and O–H groups in total. The van der Waals surface area contributed by atoms with E-state index in [1.54, 1.807) is 4.68 Å². The van der Waals surface area contributed by atoms with Gasteiger partial charge in [-0.3, -0.25) is 4.79 Å². The monoisotopic (exact) mass is 396 g/mol. The van der Waals surface area contributed by atoms with Crippen molar-refractivity contribution in [2.75, 3.05) is 13.1 Å². The number of halogens is 1. The number of piperidine rings is 1. The highest BCUT2D eigenvalue weighted by atomic mass is 35.5. The minimum atomic E-state index is -0.0672. The molecule has 0 aliphatic carbocycles. The van der Waals surface area contributed by atoms with Gasteiger partial charge in [0.15, 0.2) is 0 Å². The van der Waals surface area contributed by atoms with Crippen molar-refractivity contribution in [3.8, 4) is 16.9 Å². The number of para-hydroxylation sites is 1. The van der Waals surface area contributed by atoms with E-state index in [2.05, 4.69) is 16.7 Å². The Morgan fingerprint density at radius 2 is 2.00 bits per heavy atom. The van der Waals surface area contributed by atoms with Crippen LogP contribution in [0.1, 0.15) is 28.8 Å². The molecule has 5 nitrogen and oxygen atoms in total. The predicted molar refractivity (Wildman–Crippen MR) is 114 cm³/mol. The Morgan fingerprint density at radius 3 is 2.71 bits per heavy atom. The number of hydrogen-bond acceptors (Lipinski definition) is 3. The SMILES string of the molecule is Cc1cccc(-c2nn(-c3ccccc3)cc2C(=O)N[C@H]2CCCNC2)c1.Cl. The highest BCUT2D eigenvalue weighted by Crippen LogP contribution is 2.25. The first kappa shape index (κ1) is 20.1. The molecule has 0 spiro atoms. The molecule has 1 amide bonds. The Balaban J connectivity index is 0.00000225. The van der Waals surface area contributed by atoms with Gasteiger partial charge in [0.1, 0.15) is 5.69 Å². The number of benzene rings is 2. The van der Waals surface area contributed by atoms with E-state index in [1.807, 2.05) is 61.7 Å². The van der Waals surface area contributed by atoms with E-state index in [9.17, 15) is 4.79 Å². The summed E-state index contributed by atoms with van der Waals surface area (Å²) in [6, 6.07) is 18.2. The zero-order chi connectivity index (χ0) is 18.6. The van der Waals surface area contributed by atoms with Gasteiger partial charge in [0, 0.05) is 24.3 Å². The molecule has 0 saturated carbocycles. The van der Waals surface area contributed by atoms with E-state index in [4.69, 9.17) is 5.10 Å². The van der Waals surface area contributed by atoms with E-state index in [0.29, 0.717) is 11.3 Å². The van der Waals surface area contributed by atoms with Crippen LogP contribution in [0.25, 0.3) is 16.9 Å². The van der Waals surface area contributed by atoms with Crippen molar-refractivity contribution >= 4 is 18.3 Å². The fourth-order valence-electron chi connectivity index (χ4n) is 3.50. The van der Waals surface area contributed by atoms with Gasteiger partial charge >= 0.3 is 0 Å². The van der Waals surface area contributed by atoms with Gasteiger partial charge in [-0.1, -0.05) is 42.0 Å². The number of rotatable bonds is 4. The van der Waals surface area contributed by atoms with E-state index < -0.39 is 0 Å². The van der Waals surface area contributed by atoms with Gasteiger partial charge in [0.2, 0.25) is 0 Å². The van der Waals surface area contributed by atoms with Crippen molar-refractivity contribution in [3.63, 3.8) is 0 Å². The summed E-state index contributed by atoms with van der Waals surface area (Å²) in [5.74, 6) is -0.0672. The van der Waals surface area contributed by atoms with Crippen LogP contribution in [0.2, 0.25) is 0 Å². The maximum atomic E-state index is 13.0. The fourth-order valence-corrected chi connectivity index (χ4v) is 3.50. The van der Waals surface area contributed by atoms with Crippen LogP contribution in [0.3, 0.4) is 0 Å². The van der Waals surface area contributed by atoms with E-state index in [-0.39, 0.29) is 24.4 Å². The van der Waals surface area contributed by atoms with E-state index in [0.717, 1.165) is 42.7 Å². The number of carbonyl (C=O) groups excluding carboxylic acids is 1. The van der Waals surface area contributed by atoms with Gasteiger partial charge < -0.3 is 10.6 Å². The lowest BCUT2D eigenvalue weighted by atomic mass is 10.0. The normalized spacial score (nSPS) is 16.2. The maximum absolute atomic E-state index is 13.0. The van der Waals surface area contributed by atoms with Crippen LogP contribution in [-0.4, -0.2) is 34.8 Å². The van der Waals surface area contributed by atoms with E-state index >= 15 is 0 Å². The van der Waals surface area contributed by atoms with Crippen LogP contribution >= 0.6 is 12.4 Å². The van der Waals surface area contributed by atoms with Gasteiger partial charge in [0.25, 0.3) is 5.91 Å². The molecule has 1 saturated heterocycles. The molecule has 2 heterocycles. The zero-order valence-corrected chi connectivity index (χ0v) is 16.7. The Bertz CT molecular complexity index is 933. The molecule has 28 heavy (non-hydrogen) atoms. The minimum Gasteiger partial charge on any atom is -0.348 e. The molecular weight excluding hydrogens is 372 g/mol. The highest BCUT2D eigenvalue weighted by molar-refractivity contribution is 6.00. The molecular formula is C22H25ClN4O. The molecule has 1 atom stereocenters. The zero-order valence-electron chi connectivity index (χ0n) is 15.9. The number of aromatic nitrogens is 2. The van der Waals surface area contributed by atoms with Crippen LogP contribution < -0.4 is 10.6 Å². The summed E-state index contributed by atoms with van der Waals surface area (Å²) in [6.07, 6.45) is 3.92. The second-order valence-electron chi connectivity index (χ2n) is 7.06. The van der Waals surface area contributed by atoms with Crippen LogP contribution in [0.4, 0.5) is 0 Å². The summed E-state index contributed by atoms with van der Waals surface area (Å²) in [4.78, 5) is 13.0. The predicted octanol–water partition coefficient (Wildman–Crippen LogP) is 3.75. The van der Waals surface area contributed by atoms with Crippen LogP contribution in [0.5, 0.6) is 0 Å². The topological polar surface area (TPSA) is 59.0 Å². The number of aryl methyl sites for hydroxylation is 1. The standard InChI is InChI=1S/C22H24N4O.ClH/c1-16-7-5-8-17(13-16)21-20(22(27)24-18-9-6-12-23-14-18)15-26(25-21)19-10-3-2-4-11-19;/h2-5,7-8,10-11,13,15,18,23H,6,9,12,14H2,1H3,(H,24,27);1H/t18-;/m0./s1. The first-order valence-electron chi connectivity index (χ1n) is 9.44. The Morgan fingerprint density at radius 1 is 1.18 bits per heavy atom. The van der Waals surface area contributed by atoms with Crippen LogP contribution in [0.15, 0.2) is 60.8 Å². The fraction of sp³-hybridized carbons (Fsp3) is 0.273. The van der Waals surface area contributed by atoms with Crippen molar-refractivity contribution in [1.82, 2.24) is 20.4 Å². The van der Waals surface area contributed by atoms with Crippen molar-refractivity contribution < 1.29 is 4.79 Å². The highest BCUT2D eigenvalue weighted by Gasteiger charge is 2.22. The van der Waals surface area contributed by atoms with Crippen molar-refractivity contribution in [3.05, 3.63) is 71.9 Å². The summed E-state index contributed by atoms with van der Waals surface area (Å²) >= 11 is 0. The van der Waals surface area contributed by atoms with Gasteiger partial charge in [-0.15, -0.1) is 12.4 Å². The minimum absolute atomic E-state index is 0. The molecule has 146 valence electrons. The van der Waals surface area contributed by atoms with Crippen molar-refractivity contribution in [2.45, 2.75) is 25.8 Å². The first-order valence-corrected chi connectivity index (χ1v) is 9.44. The Hall–Kier alpha value is -2.63. The molecule has 6 heteroatoms. The smallest absolute Gasteiger partial charge is 0.255 e. The van der Waals surface area contributed by atoms with Gasteiger partial charge in [0.05, 0.1) is 11.3 Å². The number of carbonyl (C=O) groups is 1. The molecule has 0 unspecified atom stereocenters.